The lowest BCUT2D eigenvalue weighted by Gasteiger charge is -2.22. The molecule has 0 aromatic carbocycles. The van der Waals surface area contributed by atoms with Gasteiger partial charge < -0.3 is 10.1 Å². The van der Waals surface area contributed by atoms with Gasteiger partial charge in [-0.05, 0) is 31.7 Å². The number of anilines is 1. The summed E-state index contributed by atoms with van der Waals surface area (Å²) in [7, 11) is 0. The molecule has 4 nitrogen and oxygen atoms in total. The molecule has 108 valence electrons. The van der Waals surface area contributed by atoms with Crippen LogP contribution in [0.25, 0.3) is 0 Å². The summed E-state index contributed by atoms with van der Waals surface area (Å²) in [6.07, 6.45) is 0. The summed E-state index contributed by atoms with van der Waals surface area (Å²) in [6, 6.07) is 2.28. The van der Waals surface area contributed by atoms with Crippen molar-refractivity contribution >= 4 is 5.95 Å². The third-order valence-electron chi connectivity index (χ3n) is 3.09. The molecular formula is C15H27N3O. The second-order valence-electron chi connectivity index (χ2n) is 5.57. The van der Waals surface area contributed by atoms with Crippen molar-refractivity contribution in [2.75, 3.05) is 18.5 Å². The lowest BCUT2D eigenvalue weighted by molar-refractivity contribution is 0.126. The van der Waals surface area contributed by atoms with E-state index in [1.165, 1.54) is 0 Å². The maximum absolute atomic E-state index is 5.52. The number of hydrogen-bond donors (Lipinski definition) is 1. The van der Waals surface area contributed by atoms with E-state index in [1.54, 1.807) is 0 Å². The van der Waals surface area contributed by atoms with Crippen LogP contribution in [-0.4, -0.2) is 29.2 Å². The fourth-order valence-electron chi connectivity index (χ4n) is 1.76. The van der Waals surface area contributed by atoms with E-state index in [0.717, 1.165) is 18.0 Å². The Balaban J connectivity index is 2.83. The largest absolute Gasteiger partial charge is 0.380 e. The number of aromatic nitrogens is 2. The van der Waals surface area contributed by atoms with E-state index in [4.69, 9.17) is 4.74 Å². The minimum Gasteiger partial charge on any atom is -0.380 e. The monoisotopic (exact) mass is 265 g/mol. The number of aryl methyl sites for hydroxylation is 1. The molecule has 0 spiro atoms. The minimum atomic E-state index is 0.238. The Kier molecular flexibility index (Phi) is 6.22. The zero-order valence-corrected chi connectivity index (χ0v) is 13.0. The topological polar surface area (TPSA) is 47.0 Å². The Bertz CT molecular complexity index is 391. The highest BCUT2D eigenvalue weighted by molar-refractivity contribution is 5.30. The quantitative estimate of drug-likeness (QED) is 0.821. The van der Waals surface area contributed by atoms with Crippen LogP contribution in [-0.2, 0) is 4.74 Å². The summed E-state index contributed by atoms with van der Waals surface area (Å²) in [5.41, 5.74) is 2.08. The molecule has 0 aliphatic rings. The lowest BCUT2D eigenvalue weighted by Crippen LogP contribution is -2.32. The number of rotatable bonds is 7. The van der Waals surface area contributed by atoms with Crippen LogP contribution in [0.5, 0.6) is 0 Å². The maximum atomic E-state index is 5.52. The number of ether oxygens (including phenoxy) is 1. The van der Waals surface area contributed by atoms with Crippen molar-refractivity contribution < 1.29 is 4.74 Å². The van der Waals surface area contributed by atoms with Gasteiger partial charge in [0.2, 0.25) is 5.95 Å². The Morgan fingerprint density at radius 3 is 2.42 bits per heavy atom. The molecule has 0 radical (unpaired) electrons. The van der Waals surface area contributed by atoms with Crippen molar-refractivity contribution in [1.29, 1.82) is 0 Å². The van der Waals surface area contributed by atoms with Gasteiger partial charge in [-0.2, -0.15) is 0 Å². The molecule has 0 aliphatic carbocycles. The minimum absolute atomic E-state index is 0.238. The van der Waals surface area contributed by atoms with Crippen LogP contribution in [0.1, 0.15) is 51.9 Å². The Morgan fingerprint density at radius 2 is 1.89 bits per heavy atom. The number of hydrogen-bond acceptors (Lipinski definition) is 4. The SMILES string of the molecule is CCOCC(Nc1nc(C)cc(C(C)C)n1)C(C)C. The molecule has 0 amide bonds. The van der Waals surface area contributed by atoms with Crippen molar-refractivity contribution in [2.45, 2.75) is 53.5 Å². The van der Waals surface area contributed by atoms with Gasteiger partial charge in [-0.1, -0.05) is 27.7 Å². The highest BCUT2D eigenvalue weighted by Gasteiger charge is 2.15. The molecule has 19 heavy (non-hydrogen) atoms. The summed E-state index contributed by atoms with van der Waals surface area (Å²) in [4.78, 5) is 9.05. The molecule has 1 aromatic rings. The van der Waals surface area contributed by atoms with Gasteiger partial charge >= 0.3 is 0 Å². The van der Waals surface area contributed by atoms with Gasteiger partial charge in [-0.15, -0.1) is 0 Å². The standard InChI is InChI=1S/C15H27N3O/c1-7-19-9-14(11(4)5)18-15-16-12(6)8-13(17-15)10(2)3/h8,10-11,14H,7,9H2,1-6H3,(H,16,17,18). The van der Waals surface area contributed by atoms with Gasteiger partial charge in [-0.3, -0.25) is 0 Å². The van der Waals surface area contributed by atoms with Crippen LogP contribution in [0.3, 0.4) is 0 Å². The lowest BCUT2D eigenvalue weighted by atomic mass is 10.1. The molecule has 0 bridgehead atoms. The molecule has 0 saturated heterocycles. The predicted octanol–water partition coefficient (Wildman–Crippen LogP) is 3.38. The fraction of sp³-hybridized carbons (Fsp3) is 0.733. The van der Waals surface area contributed by atoms with Crippen molar-refractivity contribution in [3.05, 3.63) is 17.5 Å². The molecule has 1 rings (SSSR count). The zero-order valence-electron chi connectivity index (χ0n) is 13.0. The molecule has 0 fully saturated rings. The van der Waals surface area contributed by atoms with Gasteiger partial charge in [0, 0.05) is 18.0 Å². The first-order valence-electron chi connectivity index (χ1n) is 7.13. The summed E-state index contributed by atoms with van der Waals surface area (Å²) < 4.78 is 5.52. The highest BCUT2D eigenvalue weighted by Crippen LogP contribution is 2.16. The Morgan fingerprint density at radius 1 is 1.21 bits per heavy atom. The number of nitrogens with one attached hydrogen (secondary N) is 1. The maximum Gasteiger partial charge on any atom is 0.223 e. The Labute approximate surface area is 117 Å². The molecule has 1 N–H and O–H groups in total. The van der Waals surface area contributed by atoms with Crippen LogP contribution in [0, 0.1) is 12.8 Å². The number of nitrogens with zero attached hydrogens (tertiary/aromatic N) is 2. The van der Waals surface area contributed by atoms with E-state index in [-0.39, 0.29) is 6.04 Å². The van der Waals surface area contributed by atoms with Gasteiger partial charge in [0.05, 0.1) is 12.6 Å². The highest BCUT2D eigenvalue weighted by atomic mass is 16.5. The third kappa shape index (κ3) is 5.15. The normalized spacial score (nSPS) is 13.1. The molecule has 4 heteroatoms. The van der Waals surface area contributed by atoms with E-state index >= 15 is 0 Å². The molecule has 0 saturated carbocycles. The van der Waals surface area contributed by atoms with E-state index in [9.17, 15) is 0 Å². The first-order valence-corrected chi connectivity index (χ1v) is 7.13. The van der Waals surface area contributed by atoms with Crippen LogP contribution in [0.4, 0.5) is 5.95 Å². The van der Waals surface area contributed by atoms with E-state index in [0.29, 0.717) is 24.4 Å². The first-order chi connectivity index (χ1) is 8.93. The first kappa shape index (κ1) is 15.9. The van der Waals surface area contributed by atoms with Gasteiger partial charge in [0.15, 0.2) is 0 Å². The second-order valence-corrected chi connectivity index (χ2v) is 5.57. The summed E-state index contributed by atoms with van der Waals surface area (Å²) >= 11 is 0. The summed E-state index contributed by atoms with van der Waals surface area (Å²) in [5, 5.41) is 3.40. The van der Waals surface area contributed by atoms with Crippen LogP contribution in [0.15, 0.2) is 6.07 Å². The van der Waals surface area contributed by atoms with E-state index in [1.807, 2.05) is 19.9 Å². The summed E-state index contributed by atoms with van der Waals surface area (Å²) in [5.74, 6) is 1.59. The van der Waals surface area contributed by atoms with Gasteiger partial charge in [-0.25, -0.2) is 9.97 Å². The molecule has 1 unspecified atom stereocenters. The van der Waals surface area contributed by atoms with Crippen LogP contribution < -0.4 is 5.32 Å². The molecule has 1 atom stereocenters. The third-order valence-corrected chi connectivity index (χ3v) is 3.09. The molecule has 1 aromatic heterocycles. The van der Waals surface area contributed by atoms with Crippen LogP contribution in [0.2, 0.25) is 0 Å². The average molecular weight is 265 g/mol. The van der Waals surface area contributed by atoms with E-state index < -0.39 is 0 Å². The van der Waals surface area contributed by atoms with Crippen LogP contribution >= 0.6 is 0 Å². The van der Waals surface area contributed by atoms with Crippen molar-refractivity contribution in [1.82, 2.24) is 9.97 Å². The molecular weight excluding hydrogens is 238 g/mol. The zero-order chi connectivity index (χ0) is 14.4. The average Bonchev–Trinajstić information content (AvgIpc) is 2.33. The molecule has 0 aliphatic heterocycles. The van der Waals surface area contributed by atoms with E-state index in [2.05, 4.69) is 43.0 Å². The van der Waals surface area contributed by atoms with Crippen molar-refractivity contribution in [3.8, 4) is 0 Å². The Hall–Kier alpha value is -1.16. The molecule has 1 heterocycles. The van der Waals surface area contributed by atoms with Gasteiger partial charge in [0.25, 0.3) is 0 Å². The predicted molar refractivity (Wildman–Crippen MR) is 79.6 cm³/mol. The smallest absolute Gasteiger partial charge is 0.223 e. The van der Waals surface area contributed by atoms with Crippen molar-refractivity contribution in [2.24, 2.45) is 5.92 Å². The fourth-order valence-corrected chi connectivity index (χ4v) is 1.76. The van der Waals surface area contributed by atoms with Gasteiger partial charge in [0.1, 0.15) is 0 Å². The van der Waals surface area contributed by atoms with Crippen molar-refractivity contribution in [3.63, 3.8) is 0 Å². The summed E-state index contributed by atoms with van der Waals surface area (Å²) in [6.45, 7) is 14.1. The second kappa shape index (κ2) is 7.43.